The average molecular weight is 377 g/mol. The molecule has 4 rings (SSSR count). The van der Waals surface area contributed by atoms with Gasteiger partial charge in [-0.2, -0.15) is 0 Å². The Kier molecular flexibility index (Phi) is 5.21. The van der Waals surface area contributed by atoms with Gasteiger partial charge in [-0.05, 0) is 43.6 Å². The molecule has 2 aliphatic heterocycles. The number of piperidine rings is 1. The summed E-state index contributed by atoms with van der Waals surface area (Å²) in [6.45, 7) is 1.70. The van der Waals surface area contributed by atoms with Gasteiger partial charge in [-0.3, -0.25) is 19.3 Å². The molecular weight excluding hydrogens is 354 g/mol. The van der Waals surface area contributed by atoms with Gasteiger partial charge >= 0.3 is 0 Å². The summed E-state index contributed by atoms with van der Waals surface area (Å²) in [5, 5.41) is 6.33. The predicted molar refractivity (Wildman–Crippen MR) is 105 cm³/mol. The Morgan fingerprint density at radius 2 is 1.54 bits per heavy atom. The molecule has 144 valence electrons. The zero-order valence-corrected chi connectivity index (χ0v) is 15.6. The van der Waals surface area contributed by atoms with Gasteiger partial charge < -0.3 is 10.6 Å². The molecule has 0 spiro atoms. The van der Waals surface area contributed by atoms with Crippen LogP contribution >= 0.6 is 0 Å². The predicted octanol–water partition coefficient (Wildman–Crippen LogP) is 1.76. The zero-order valence-electron chi connectivity index (χ0n) is 15.6. The number of carbonyl (C=O) groups excluding carboxylic acids is 3. The lowest BCUT2D eigenvalue weighted by molar-refractivity contribution is -0.125. The highest BCUT2D eigenvalue weighted by Crippen LogP contribution is 2.26. The van der Waals surface area contributed by atoms with Crippen LogP contribution in [-0.2, 0) is 11.2 Å². The van der Waals surface area contributed by atoms with Gasteiger partial charge in [0.05, 0.1) is 11.1 Å². The van der Waals surface area contributed by atoms with Crippen LogP contribution in [0.2, 0.25) is 0 Å². The second-order valence-electron chi connectivity index (χ2n) is 7.26. The fourth-order valence-corrected chi connectivity index (χ4v) is 3.89. The number of amides is 3. The van der Waals surface area contributed by atoms with Crippen molar-refractivity contribution >= 4 is 17.7 Å². The summed E-state index contributed by atoms with van der Waals surface area (Å²) >= 11 is 0. The van der Waals surface area contributed by atoms with E-state index in [2.05, 4.69) is 10.6 Å². The molecule has 0 radical (unpaired) electrons. The van der Waals surface area contributed by atoms with Gasteiger partial charge in [-0.25, -0.2) is 0 Å². The number of hydrogen-bond donors (Lipinski definition) is 2. The van der Waals surface area contributed by atoms with E-state index in [4.69, 9.17) is 0 Å². The molecule has 0 saturated carbocycles. The number of fused-ring (bicyclic) bond motifs is 1. The molecule has 28 heavy (non-hydrogen) atoms. The third-order valence-electron chi connectivity index (χ3n) is 5.40. The second kappa shape index (κ2) is 7.94. The first-order valence-corrected chi connectivity index (χ1v) is 9.67. The van der Waals surface area contributed by atoms with E-state index < -0.39 is 17.9 Å². The van der Waals surface area contributed by atoms with Crippen molar-refractivity contribution in [2.75, 3.05) is 13.1 Å². The van der Waals surface area contributed by atoms with Gasteiger partial charge in [0.25, 0.3) is 11.8 Å². The average Bonchev–Trinajstić information content (AvgIpc) is 2.98. The summed E-state index contributed by atoms with van der Waals surface area (Å²) in [5.41, 5.74) is 1.63. The topological polar surface area (TPSA) is 78.5 Å². The van der Waals surface area contributed by atoms with Crippen molar-refractivity contribution in [1.82, 2.24) is 15.5 Å². The SMILES string of the molecule is O=C(NC1CCNCC1)C(Cc1ccccc1)N1C(=O)c2ccccc2C1=O. The van der Waals surface area contributed by atoms with E-state index in [1.807, 2.05) is 30.3 Å². The number of benzene rings is 2. The first kappa shape index (κ1) is 18.4. The highest BCUT2D eigenvalue weighted by molar-refractivity contribution is 6.22. The summed E-state index contributed by atoms with van der Waals surface area (Å²) in [6.07, 6.45) is 1.97. The summed E-state index contributed by atoms with van der Waals surface area (Å²) in [7, 11) is 0. The quantitative estimate of drug-likeness (QED) is 0.779. The molecule has 0 aliphatic carbocycles. The van der Waals surface area contributed by atoms with Gasteiger partial charge in [0.1, 0.15) is 6.04 Å². The third-order valence-corrected chi connectivity index (χ3v) is 5.40. The number of carbonyl (C=O) groups is 3. The molecule has 1 unspecified atom stereocenters. The monoisotopic (exact) mass is 377 g/mol. The van der Waals surface area contributed by atoms with Crippen molar-refractivity contribution in [3.05, 3.63) is 71.3 Å². The van der Waals surface area contributed by atoms with Crippen LogP contribution in [0.1, 0.15) is 39.1 Å². The second-order valence-corrected chi connectivity index (χ2v) is 7.26. The fourth-order valence-electron chi connectivity index (χ4n) is 3.89. The van der Waals surface area contributed by atoms with Gasteiger partial charge in [0, 0.05) is 12.5 Å². The lowest BCUT2D eigenvalue weighted by Gasteiger charge is -2.29. The van der Waals surface area contributed by atoms with Crippen LogP contribution in [0.5, 0.6) is 0 Å². The van der Waals surface area contributed by atoms with Gasteiger partial charge in [0.2, 0.25) is 5.91 Å². The van der Waals surface area contributed by atoms with E-state index in [9.17, 15) is 14.4 Å². The smallest absolute Gasteiger partial charge is 0.262 e. The van der Waals surface area contributed by atoms with E-state index in [-0.39, 0.29) is 11.9 Å². The molecule has 2 aromatic carbocycles. The molecule has 2 N–H and O–H groups in total. The molecule has 0 aromatic heterocycles. The van der Waals surface area contributed by atoms with Gasteiger partial charge in [-0.1, -0.05) is 42.5 Å². The number of hydrogen-bond acceptors (Lipinski definition) is 4. The number of nitrogens with zero attached hydrogens (tertiary/aromatic N) is 1. The molecule has 6 nitrogen and oxygen atoms in total. The highest BCUT2D eigenvalue weighted by Gasteiger charge is 2.42. The van der Waals surface area contributed by atoms with Crippen LogP contribution in [0.4, 0.5) is 0 Å². The maximum absolute atomic E-state index is 13.2. The van der Waals surface area contributed by atoms with Gasteiger partial charge in [-0.15, -0.1) is 0 Å². The minimum atomic E-state index is -0.871. The van der Waals surface area contributed by atoms with Crippen molar-refractivity contribution in [1.29, 1.82) is 0 Å². The molecule has 1 fully saturated rings. The number of rotatable bonds is 5. The van der Waals surface area contributed by atoms with Crippen molar-refractivity contribution < 1.29 is 14.4 Å². The fraction of sp³-hybridized carbons (Fsp3) is 0.318. The number of imide groups is 1. The van der Waals surface area contributed by atoms with Crippen molar-refractivity contribution in [3.63, 3.8) is 0 Å². The normalized spacial score (nSPS) is 18.1. The maximum atomic E-state index is 13.2. The first-order chi connectivity index (χ1) is 13.6. The molecule has 1 atom stereocenters. The lowest BCUT2D eigenvalue weighted by Crippen LogP contribution is -2.54. The highest BCUT2D eigenvalue weighted by atomic mass is 16.2. The van der Waals surface area contributed by atoms with Crippen LogP contribution < -0.4 is 10.6 Å². The van der Waals surface area contributed by atoms with E-state index >= 15 is 0 Å². The van der Waals surface area contributed by atoms with Gasteiger partial charge in [0.15, 0.2) is 0 Å². The molecule has 2 heterocycles. The summed E-state index contributed by atoms with van der Waals surface area (Å²) in [6, 6.07) is 15.4. The Morgan fingerprint density at radius 1 is 0.964 bits per heavy atom. The van der Waals surface area contributed by atoms with Crippen LogP contribution in [0.15, 0.2) is 54.6 Å². The zero-order chi connectivity index (χ0) is 19.5. The number of nitrogens with one attached hydrogen (secondary N) is 2. The van der Waals surface area contributed by atoms with E-state index in [0.29, 0.717) is 17.5 Å². The van der Waals surface area contributed by atoms with Crippen LogP contribution in [0.25, 0.3) is 0 Å². The minimum Gasteiger partial charge on any atom is -0.351 e. The van der Waals surface area contributed by atoms with E-state index in [1.165, 1.54) is 0 Å². The van der Waals surface area contributed by atoms with Crippen LogP contribution in [-0.4, -0.2) is 47.8 Å². The Labute approximate surface area is 163 Å². The molecule has 3 amide bonds. The molecule has 2 aromatic rings. The summed E-state index contributed by atoms with van der Waals surface area (Å²) < 4.78 is 0. The largest absolute Gasteiger partial charge is 0.351 e. The van der Waals surface area contributed by atoms with Crippen molar-refractivity contribution in [3.8, 4) is 0 Å². The molecule has 1 saturated heterocycles. The van der Waals surface area contributed by atoms with Crippen LogP contribution in [0.3, 0.4) is 0 Å². The Hall–Kier alpha value is -2.99. The van der Waals surface area contributed by atoms with Crippen molar-refractivity contribution in [2.45, 2.75) is 31.3 Å². The lowest BCUT2D eigenvalue weighted by atomic mass is 10.0. The van der Waals surface area contributed by atoms with Crippen molar-refractivity contribution in [2.24, 2.45) is 0 Å². The Balaban J connectivity index is 1.62. The third kappa shape index (κ3) is 3.55. The molecule has 0 bridgehead atoms. The van der Waals surface area contributed by atoms with E-state index in [0.717, 1.165) is 36.4 Å². The minimum absolute atomic E-state index is 0.0576. The molecule has 6 heteroatoms. The molecule has 2 aliphatic rings. The first-order valence-electron chi connectivity index (χ1n) is 9.67. The summed E-state index contributed by atoms with van der Waals surface area (Å²) in [5.74, 6) is -1.07. The van der Waals surface area contributed by atoms with Crippen LogP contribution in [0, 0.1) is 0 Å². The van der Waals surface area contributed by atoms with E-state index in [1.54, 1.807) is 24.3 Å². The standard InChI is InChI=1S/C22H23N3O3/c26-20(24-16-10-12-23-13-11-16)19(14-15-6-2-1-3-7-15)25-21(27)17-8-4-5-9-18(17)22(25)28/h1-9,16,19,23H,10-14H2,(H,24,26). The summed E-state index contributed by atoms with van der Waals surface area (Å²) in [4.78, 5) is 40.2. The maximum Gasteiger partial charge on any atom is 0.262 e. The Bertz CT molecular complexity index is 856. The Morgan fingerprint density at radius 3 is 2.14 bits per heavy atom. The molecular formula is C22H23N3O3.